The molecule has 0 heterocycles. The van der Waals surface area contributed by atoms with E-state index >= 15 is 0 Å². The third kappa shape index (κ3) is 3.19. The molecule has 0 fully saturated rings. The summed E-state index contributed by atoms with van der Waals surface area (Å²) in [7, 11) is -3.52. The Hall–Kier alpha value is -0.980. The highest BCUT2D eigenvalue weighted by atomic mass is 32.2. The quantitative estimate of drug-likeness (QED) is 0.907. The SMILES string of the molecule is CCN(CC)S(=O)(=O)N[C@H]1CCCc2ccc(F)cc21. The molecule has 20 heavy (non-hydrogen) atoms. The highest BCUT2D eigenvalue weighted by molar-refractivity contribution is 7.87. The second-order valence-corrected chi connectivity index (χ2v) is 6.70. The van der Waals surface area contributed by atoms with Gasteiger partial charge in [-0.05, 0) is 42.5 Å². The maximum atomic E-state index is 13.4. The van der Waals surface area contributed by atoms with E-state index in [1.165, 1.54) is 16.4 Å². The van der Waals surface area contributed by atoms with Gasteiger partial charge in [0.2, 0.25) is 0 Å². The second-order valence-electron chi connectivity index (χ2n) is 5.00. The maximum absolute atomic E-state index is 13.4. The normalized spacial score (nSPS) is 19.1. The lowest BCUT2D eigenvalue weighted by atomic mass is 9.88. The van der Waals surface area contributed by atoms with Crippen LogP contribution < -0.4 is 4.72 Å². The highest BCUT2D eigenvalue weighted by Crippen LogP contribution is 2.31. The van der Waals surface area contributed by atoms with Crippen molar-refractivity contribution in [2.24, 2.45) is 0 Å². The van der Waals surface area contributed by atoms with Gasteiger partial charge in [-0.3, -0.25) is 0 Å². The van der Waals surface area contributed by atoms with Crippen LogP contribution in [0, 0.1) is 5.82 Å². The molecule has 1 atom stereocenters. The summed E-state index contributed by atoms with van der Waals surface area (Å²) in [5.41, 5.74) is 1.80. The van der Waals surface area contributed by atoms with E-state index in [-0.39, 0.29) is 11.9 Å². The van der Waals surface area contributed by atoms with Crippen molar-refractivity contribution in [1.82, 2.24) is 9.03 Å². The van der Waals surface area contributed by atoms with E-state index in [0.29, 0.717) is 19.5 Å². The van der Waals surface area contributed by atoms with E-state index < -0.39 is 10.2 Å². The van der Waals surface area contributed by atoms with Gasteiger partial charge >= 0.3 is 0 Å². The van der Waals surface area contributed by atoms with E-state index in [4.69, 9.17) is 0 Å². The summed E-state index contributed by atoms with van der Waals surface area (Å²) >= 11 is 0. The Morgan fingerprint density at radius 2 is 2.05 bits per heavy atom. The van der Waals surface area contributed by atoms with Crippen LogP contribution in [0.3, 0.4) is 0 Å². The predicted octanol–water partition coefficient (Wildman–Crippen LogP) is 2.38. The van der Waals surface area contributed by atoms with Gasteiger partial charge in [-0.2, -0.15) is 17.4 Å². The summed E-state index contributed by atoms with van der Waals surface area (Å²) in [5.74, 6) is -0.322. The van der Waals surface area contributed by atoms with E-state index in [0.717, 1.165) is 24.0 Å². The zero-order chi connectivity index (χ0) is 14.8. The molecule has 0 amide bonds. The Kier molecular flexibility index (Phi) is 4.78. The topological polar surface area (TPSA) is 49.4 Å². The van der Waals surface area contributed by atoms with Crippen LogP contribution in [0.2, 0.25) is 0 Å². The highest BCUT2D eigenvalue weighted by Gasteiger charge is 2.27. The zero-order valence-corrected chi connectivity index (χ0v) is 12.7. The summed E-state index contributed by atoms with van der Waals surface area (Å²) in [6.45, 7) is 4.46. The van der Waals surface area contributed by atoms with Crippen molar-refractivity contribution in [2.75, 3.05) is 13.1 Å². The first kappa shape index (κ1) is 15.4. The van der Waals surface area contributed by atoms with E-state index in [1.807, 2.05) is 0 Å². The first-order chi connectivity index (χ1) is 9.47. The minimum Gasteiger partial charge on any atom is -0.207 e. The molecule has 0 unspecified atom stereocenters. The van der Waals surface area contributed by atoms with Gasteiger partial charge in [-0.1, -0.05) is 19.9 Å². The lowest BCUT2D eigenvalue weighted by Crippen LogP contribution is -2.42. The number of halogens is 1. The van der Waals surface area contributed by atoms with Gasteiger partial charge in [0.15, 0.2) is 0 Å². The van der Waals surface area contributed by atoms with E-state index in [2.05, 4.69) is 4.72 Å². The van der Waals surface area contributed by atoms with Crippen LogP contribution >= 0.6 is 0 Å². The summed E-state index contributed by atoms with van der Waals surface area (Å²) in [5, 5.41) is 0. The Morgan fingerprint density at radius 3 is 2.70 bits per heavy atom. The maximum Gasteiger partial charge on any atom is 0.279 e. The second kappa shape index (κ2) is 6.20. The van der Waals surface area contributed by atoms with Crippen molar-refractivity contribution < 1.29 is 12.8 Å². The fourth-order valence-corrected chi connectivity index (χ4v) is 4.14. The Morgan fingerprint density at radius 1 is 1.35 bits per heavy atom. The van der Waals surface area contributed by atoms with Crippen molar-refractivity contribution in [2.45, 2.75) is 39.2 Å². The first-order valence-electron chi connectivity index (χ1n) is 7.03. The predicted molar refractivity (Wildman–Crippen MR) is 77.1 cm³/mol. The number of hydrogen-bond acceptors (Lipinski definition) is 2. The van der Waals surface area contributed by atoms with Gasteiger partial charge in [0.05, 0.1) is 0 Å². The van der Waals surface area contributed by atoms with E-state index in [1.54, 1.807) is 19.9 Å². The molecule has 1 aliphatic carbocycles. The number of nitrogens with zero attached hydrogens (tertiary/aromatic N) is 1. The van der Waals surface area contributed by atoms with Crippen molar-refractivity contribution in [3.63, 3.8) is 0 Å². The van der Waals surface area contributed by atoms with Gasteiger partial charge in [0, 0.05) is 19.1 Å². The number of benzene rings is 1. The number of nitrogens with one attached hydrogen (secondary N) is 1. The summed E-state index contributed by atoms with van der Waals surface area (Å²) in [6.07, 6.45) is 2.49. The molecule has 0 radical (unpaired) electrons. The van der Waals surface area contributed by atoms with Gasteiger partial charge < -0.3 is 0 Å². The summed E-state index contributed by atoms with van der Waals surface area (Å²) in [4.78, 5) is 0. The van der Waals surface area contributed by atoms with Crippen molar-refractivity contribution in [3.05, 3.63) is 35.1 Å². The molecule has 4 nitrogen and oxygen atoms in total. The zero-order valence-electron chi connectivity index (χ0n) is 11.9. The molecule has 0 saturated heterocycles. The Labute approximate surface area is 120 Å². The smallest absolute Gasteiger partial charge is 0.207 e. The monoisotopic (exact) mass is 300 g/mol. The molecule has 0 spiro atoms. The minimum atomic E-state index is -3.52. The molecule has 2 rings (SSSR count). The van der Waals surface area contributed by atoms with Crippen LogP contribution in [0.15, 0.2) is 18.2 Å². The van der Waals surface area contributed by atoms with Crippen LogP contribution in [-0.4, -0.2) is 25.8 Å². The molecule has 0 bridgehead atoms. The largest absolute Gasteiger partial charge is 0.279 e. The average Bonchev–Trinajstić information content (AvgIpc) is 2.40. The third-order valence-electron chi connectivity index (χ3n) is 3.76. The molecule has 0 aromatic heterocycles. The molecular formula is C14H21FN2O2S. The molecule has 1 N–H and O–H groups in total. The number of aryl methyl sites for hydroxylation is 1. The molecular weight excluding hydrogens is 279 g/mol. The lowest BCUT2D eigenvalue weighted by molar-refractivity contribution is 0.416. The Balaban J connectivity index is 2.26. The number of rotatable bonds is 5. The number of fused-ring (bicyclic) bond motifs is 1. The van der Waals surface area contributed by atoms with Crippen LogP contribution in [0.5, 0.6) is 0 Å². The summed E-state index contributed by atoms with van der Waals surface area (Å²) in [6, 6.07) is 4.30. The van der Waals surface area contributed by atoms with Crippen LogP contribution in [0.4, 0.5) is 4.39 Å². The van der Waals surface area contributed by atoms with Crippen molar-refractivity contribution in [1.29, 1.82) is 0 Å². The molecule has 0 aliphatic heterocycles. The molecule has 1 aromatic carbocycles. The van der Waals surface area contributed by atoms with Gasteiger partial charge in [-0.25, -0.2) is 4.39 Å². The Bertz CT molecular complexity index is 571. The van der Waals surface area contributed by atoms with Gasteiger partial charge in [0.25, 0.3) is 10.2 Å². The molecule has 1 aliphatic rings. The van der Waals surface area contributed by atoms with Crippen molar-refractivity contribution >= 4 is 10.2 Å². The molecule has 112 valence electrons. The lowest BCUT2D eigenvalue weighted by Gasteiger charge is -2.28. The summed E-state index contributed by atoms with van der Waals surface area (Å²) < 4.78 is 42.0. The van der Waals surface area contributed by atoms with Crippen LogP contribution in [0.1, 0.15) is 43.9 Å². The standard InChI is InChI=1S/C14H21FN2O2S/c1-3-17(4-2)20(18,19)16-14-7-5-6-11-8-9-12(15)10-13(11)14/h8-10,14,16H,3-7H2,1-2H3/t14-/m0/s1. The third-order valence-corrected chi connectivity index (χ3v) is 5.54. The first-order valence-corrected chi connectivity index (χ1v) is 8.47. The van der Waals surface area contributed by atoms with Crippen LogP contribution in [0.25, 0.3) is 0 Å². The molecule has 0 saturated carbocycles. The van der Waals surface area contributed by atoms with E-state index in [9.17, 15) is 12.8 Å². The minimum absolute atomic E-state index is 0.322. The molecule has 6 heteroatoms. The fourth-order valence-electron chi connectivity index (χ4n) is 2.71. The van der Waals surface area contributed by atoms with Crippen molar-refractivity contribution in [3.8, 4) is 0 Å². The molecule has 1 aromatic rings. The fraction of sp³-hybridized carbons (Fsp3) is 0.571. The average molecular weight is 300 g/mol. The van der Waals surface area contributed by atoms with Gasteiger partial charge in [0.1, 0.15) is 5.82 Å². The van der Waals surface area contributed by atoms with Gasteiger partial charge in [-0.15, -0.1) is 0 Å². The number of hydrogen-bond donors (Lipinski definition) is 1. The van der Waals surface area contributed by atoms with Crippen LogP contribution in [-0.2, 0) is 16.6 Å².